The van der Waals surface area contributed by atoms with Gasteiger partial charge in [-0.1, -0.05) is 6.92 Å². The fourth-order valence-electron chi connectivity index (χ4n) is 2.01. The van der Waals surface area contributed by atoms with Crippen molar-refractivity contribution in [3.05, 3.63) is 17.7 Å². The third kappa shape index (κ3) is 4.28. The summed E-state index contributed by atoms with van der Waals surface area (Å²) in [4.78, 5) is 22.9. The molecule has 1 rings (SSSR count). The fraction of sp³-hybridized carbons (Fsp3) is 0.467. The standard InChI is InChI=1S/C15H21NO6/c1-9(7-12(17)18)8-16-15(19)10-5-6-11(20-2)14(22-4)13(10)21-3/h5-6,9H,7-8H2,1-4H3,(H,16,19)(H,17,18). The molecule has 7 heteroatoms. The summed E-state index contributed by atoms with van der Waals surface area (Å²) in [7, 11) is 4.38. The van der Waals surface area contributed by atoms with Gasteiger partial charge in [0.15, 0.2) is 11.5 Å². The van der Waals surface area contributed by atoms with Crippen molar-refractivity contribution in [3.8, 4) is 17.2 Å². The molecule has 0 fully saturated rings. The molecule has 0 aliphatic rings. The molecule has 0 aliphatic heterocycles. The van der Waals surface area contributed by atoms with Crippen LogP contribution >= 0.6 is 0 Å². The zero-order valence-corrected chi connectivity index (χ0v) is 13.1. The number of carbonyl (C=O) groups excluding carboxylic acids is 1. The van der Waals surface area contributed by atoms with Gasteiger partial charge in [-0.05, 0) is 18.1 Å². The van der Waals surface area contributed by atoms with Crippen LogP contribution in [0.15, 0.2) is 12.1 Å². The van der Waals surface area contributed by atoms with Crippen molar-refractivity contribution in [2.75, 3.05) is 27.9 Å². The molecule has 1 aromatic carbocycles. The highest BCUT2D eigenvalue weighted by Gasteiger charge is 2.21. The van der Waals surface area contributed by atoms with Gasteiger partial charge in [0.2, 0.25) is 5.75 Å². The fourth-order valence-corrected chi connectivity index (χ4v) is 2.01. The molecule has 1 unspecified atom stereocenters. The second-order valence-corrected chi connectivity index (χ2v) is 4.79. The molecule has 0 spiro atoms. The van der Waals surface area contributed by atoms with Crippen molar-refractivity contribution < 1.29 is 28.9 Å². The molecule has 0 bridgehead atoms. The highest BCUT2D eigenvalue weighted by atomic mass is 16.5. The molecule has 0 radical (unpaired) electrons. The van der Waals surface area contributed by atoms with Crippen molar-refractivity contribution in [1.82, 2.24) is 5.32 Å². The summed E-state index contributed by atoms with van der Waals surface area (Å²) >= 11 is 0. The number of nitrogens with one attached hydrogen (secondary N) is 1. The van der Waals surface area contributed by atoms with E-state index in [1.807, 2.05) is 0 Å². The molecule has 1 amide bonds. The predicted octanol–water partition coefficient (Wildman–Crippen LogP) is 1.55. The molecular weight excluding hydrogens is 290 g/mol. The Balaban J connectivity index is 2.91. The summed E-state index contributed by atoms with van der Waals surface area (Å²) in [5, 5.41) is 11.4. The number of carboxylic acids is 1. The van der Waals surface area contributed by atoms with E-state index in [2.05, 4.69) is 5.32 Å². The van der Waals surface area contributed by atoms with Gasteiger partial charge in [-0.2, -0.15) is 0 Å². The number of aliphatic carboxylic acids is 1. The summed E-state index contributed by atoms with van der Waals surface area (Å²) in [6.07, 6.45) is -0.0106. The highest BCUT2D eigenvalue weighted by molar-refractivity contribution is 5.98. The summed E-state index contributed by atoms with van der Waals surface area (Å²) in [6.45, 7) is 2.00. The molecule has 0 saturated heterocycles. The Morgan fingerprint density at radius 2 is 1.77 bits per heavy atom. The average Bonchev–Trinajstić information content (AvgIpc) is 2.50. The molecule has 122 valence electrons. The maximum atomic E-state index is 12.2. The van der Waals surface area contributed by atoms with E-state index in [4.69, 9.17) is 19.3 Å². The van der Waals surface area contributed by atoms with Gasteiger partial charge < -0.3 is 24.6 Å². The monoisotopic (exact) mass is 311 g/mol. The zero-order valence-electron chi connectivity index (χ0n) is 13.1. The summed E-state index contributed by atoms with van der Waals surface area (Å²) in [5.74, 6) is -0.385. The minimum absolute atomic E-state index is 0.0106. The van der Waals surface area contributed by atoms with Crippen LogP contribution in [-0.2, 0) is 4.79 Å². The zero-order chi connectivity index (χ0) is 16.7. The van der Waals surface area contributed by atoms with Crippen LogP contribution in [0.1, 0.15) is 23.7 Å². The van der Waals surface area contributed by atoms with E-state index in [-0.39, 0.29) is 30.5 Å². The minimum atomic E-state index is -0.898. The number of carbonyl (C=O) groups is 2. The molecule has 0 aromatic heterocycles. The van der Waals surface area contributed by atoms with Crippen molar-refractivity contribution in [2.24, 2.45) is 5.92 Å². The van der Waals surface area contributed by atoms with E-state index < -0.39 is 5.97 Å². The van der Waals surface area contributed by atoms with Gasteiger partial charge in [0.1, 0.15) is 0 Å². The van der Waals surface area contributed by atoms with Gasteiger partial charge in [-0.25, -0.2) is 0 Å². The summed E-state index contributed by atoms with van der Waals surface area (Å²) in [5.41, 5.74) is 0.294. The first-order valence-electron chi connectivity index (χ1n) is 6.73. The molecular formula is C15H21NO6. The third-order valence-electron chi connectivity index (χ3n) is 3.08. The molecule has 0 aliphatic carbocycles. The van der Waals surface area contributed by atoms with Crippen LogP contribution in [-0.4, -0.2) is 44.9 Å². The van der Waals surface area contributed by atoms with E-state index >= 15 is 0 Å². The first kappa shape index (κ1) is 17.6. The number of ether oxygens (including phenoxy) is 3. The van der Waals surface area contributed by atoms with E-state index in [0.29, 0.717) is 17.1 Å². The molecule has 0 heterocycles. The first-order valence-corrected chi connectivity index (χ1v) is 6.73. The normalized spacial score (nSPS) is 11.5. The highest BCUT2D eigenvalue weighted by Crippen LogP contribution is 2.39. The molecule has 22 heavy (non-hydrogen) atoms. The second kappa shape index (κ2) is 8.11. The van der Waals surface area contributed by atoms with Gasteiger partial charge in [0, 0.05) is 13.0 Å². The lowest BCUT2D eigenvalue weighted by atomic mass is 10.1. The molecule has 2 N–H and O–H groups in total. The molecule has 1 atom stereocenters. The number of benzene rings is 1. The minimum Gasteiger partial charge on any atom is -0.493 e. The lowest BCUT2D eigenvalue weighted by Gasteiger charge is -2.16. The lowest BCUT2D eigenvalue weighted by molar-refractivity contribution is -0.137. The van der Waals surface area contributed by atoms with Crippen molar-refractivity contribution in [2.45, 2.75) is 13.3 Å². The number of amides is 1. The summed E-state index contributed by atoms with van der Waals surface area (Å²) < 4.78 is 15.6. The van der Waals surface area contributed by atoms with Crippen molar-refractivity contribution in [3.63, 3.8) is 0 Å². The van der Waals surface area contributed by atoms with Crippen LogP contribution in [0.2, 0.25) is 0 Å². The summed E-state index contributed by atoms with van der Waals surface area (Å²) in [6, 6.07) is 3.17. The van der Waals surface area contributed by atoms with Crippen molar-refractivity contribution in [1.29, 1.82) is 0 Å². The number of hydrogen-bond acceptors (Lipinski definition) is 5. The Bertz CT molecular complexity index is 543. The quantitative estimate of drug-likeness (QED) is 0.756. The Kier molecular flexibility index (Phi) is 6.49. The Labute approximate surface area is 129 Å². The van der Waals surface area contributed by atoms with E-state index in [0.717, 1.165) is 0 Å². The Morgan fingerprint density at radius 1 is 1.14 bits per heavy atom. The maximum Gasteiger partial charge on any atom is 0.303 e. The number of carboxylic acid groups (broad SMARTS) is 1. The number of rotatable bonds is 8. The SMILES string of the molecule is COc1ccc(C(=O)NCC(C)CC(=O)O)c(OC)c1OC. The number of methoxy groups -OCH3 is 3. The van der Waals surface area contributed by atoms with Crippen LogP contribution in [0.5, 0.6) is 17.2 Å². The predicted molar refractivity (Wildman–Crippen MR) is 79.8 cm³/mol. The molecule has 7 nitrogen and oxygen atoms in total. The second-order valence-electron chi connectivity index (χ2n) is 4.79. The van der Waals surface area contributed by atoms with Crippen LogP contribution < -0.4 is 19.5 Å². The maximum absolute atomic E-state index is 12.2. The van der Waals surface area contributed by atoms with E-state index in [1.165, 1.54) is 21.3 Å². The Hall–Kier alpha value is -2.44. The van der Waals surface area contributed by atoms with Crippen LogP contribution in [0, 0.1) is 5.92 Å². The van der Waals surface area contributed by atoms with Crippen LogP contribution in [0.4, 0.5) is 0 Å². The van der Waals surface area contributed by atoms with Gasteiger partial charge >= 0.3 is 5.97 Å². The molecule has 0 saturated carbocycles. The van der Waals surface area contributed by atoms with Gasteiger partial charge in [-0.15, -0.1) is 0 Å². The average molecular weight is 311 g/mol. The number of hydrogen-bond donors (Lipinski definition) is 2. The topological polar surface area (TPSA) is 94.1 Å². The van der Waals surface area contributed by atoms with Crippen LogP contribution in [0.3, 0.4) is 0 Å². The van der Waals surface area contributed by atoms with E-state index in [9.17, 15) is 9.59 Å². The molecule has 1 aromatic rings. The van der Waals surface area contributed by atoms with Gasteiger partial charge in [0.05, 0.1) is 26.9 Å². The van der Waals surface area contributed by atoms with E-state index in [1.54, 1.807) is 19.1 Å². The lowest BCUT2D eigenvalue weighted by Crippen LogP contribution is -2.29. The third-order valence-corrected chi connectivity index (χ3v) is 3.08. The van der Waals surface area contributed by atoms with Crippen molar-refractivity contribution >= 4 is 11.9 Å². The van der Waals surface area contributed by atoms with Crippen LogP contribution in [0.25, 0.3) is 0 Å². The van der Waals surface area contributed by atoms with Gasteiger partial charge in [0.25, 0.3) is 5.91 Å². The van der Waals surface area contributed by atoms with Gasteiger partial charge in [-0.3, -0.25) is 9.59 Å². The largest absolute Gasteiger partial charge is 0.493 e. The Morgan fingerprint density at radius 3 is 2.27 bits per heavy atom. The first-order chi connectivity index (χ1) is 10.4. The smallest absolute Gasteiger partial charge is 0.303 e.